The standard InChI is InChI=1S/C25H16N6O/c32-17-19-4-7-20(8-5-19)22-10-11-25-28-16-21(31(25)30-22)9-6-18-12-14-27-24(15-18)29-23-3-1-2-13-26-23/h1-5,7-8,10-17H,(H,26,27,29). The third-order valence-electron chi connectivity index (χ3n) is 4.72. The Kier molecular flexibility index (Phi) is 5.09. The Morgan fingerprint density at radius 3 is 2.53 bits per heavy atom. The summed E-state index contributed by atoms with van der Waals surface area (Å²) in [5.41, 5.74) is 4.47. The van der Waals surface area contributed by atoms with Crippen molar-refractivity contribution in [3.05, 3.63) is 102 Å². The van der Waals surface area contributed by atoms with Gasteiger partial charge in [-0.1, -0.05) is 36.3 Å². The highest BCUT2D eigenvalue weighted by molar-refractivity contribution is 5.76. The minimum Gasteiger partial charge on any atom is -0.325 e. The van der Waals surface area contributed by atoms with Crippen LogP contribution >= 0.6 is 0 Å². The van der Waals surface area contributed by atoms with Gasteiger partial charge in [-0.05, 0) is 42.3 Å². The molecule has 0 spiro atoms. The number of hydrogen-bond acceptors (Lipinski definition) is 6. The summed E-state index contributed by atoms with van der Waals surface area (Å²) in [5.74, 6) is 7.66. The number of nitrogens with one attached hydrogen (secondary N) is 1. The van der Waals surface area contributed by atoms with Gasteiger partial charge in [0, 0.05) is 29.1 Å². The number of carbonyl (C=O) groups excluding carboxylic acids is 1. The second-order valence-corrected chi connectivity index (χ2v) is 6.89. The van der Waals surface area contributed by atoms with Gasteiger partial charge in [0.2, 0.25) is 0 Å². The first-order valence-corrected chi connectivity index (χ1v) is 9.85. The number of anilines is 2. The molecule has 152 valence electrons. The third-order valence-corrected chi connectivity index (χ3v) is 4.72. The molecule has 32 heavy (non-hydrogen) atoms. The van der Waals surface area contributed by atoms with E-state index in [1.54, 1.807) is 35.2 Å². The summed E-state index contributed by atoms with van der Waals surface area (Å²) >= 11 is 0. The maximum Gasteiger partial charge on any atom is 0.154 e. The molecule has 0 aliphatic carbocycles. The normalized spacial score (nSPS) is 10.4. The fourth-order valence-electron chi connectivity index (χ4n) is 3.13. The van der Waals surface area contributed by atoms with E-state index in [1.807, 2.05) is 54.6 Å². The Balaban J connectivity index is 1.44. The van der Waals surface area contributed by atoms with Gasteiger partial charge in [0.05, 0.1) is 11.9 Å². The van der Waals surface area contributed by atoms with Crippen LogP contribution in [0.3, 0.4) is 0 Å². The summed E-state index contributed by atoms with van der Waals surface area (Å²) in [7, 11) is 0. The Morgan fingerprint density at radius 2 is 1.72 bits per heavy atom. The van der Waals surface area contributed by atoms with E-state index in [9.17, 15) is 4.79 Å². The van der Waals surface area contributed by atoms with Gasteiger partial charge in [0.1, 0.15) is 23.6 Å². The summed E-state index contributed by atoms with van der Waals surface area (Å²) in [4.78, 5) is 23.8. The summed E-state index contributed by atoms with van der Waals surface area (Å²) in [6, 6.07) is 20.4. The van der Waals surface area contributed by atoms with E-state index in [1.165, 1.54) is 0 Å². The molecule has 1 aromatic carbocycles. The van der Waals surface area contributed by atoms with Crippen LogP contribution in [0.2, 0.25) is 0 Å². The molecule has 7 nitrogen and oxygen atoms in total. The summed E-state index contributed by atoms with van der Waals surface area (Å²) < 4.78 is 1.71. The van der Waals surface area contributed by atoms with E-state index < -0.39 is 0 Å². The molecule has 0 aliphatic rings. The lowest BCUT2D eigenvalue weighted by atomic mass is 10.1. The van der Waals surface area contributed by atoms with Crippen molar-refractivity contribution >= 4 is 23.6 Å². The van der Waals surface area contributed by atoms with E-state index >= 15 is 0 Å². The van der Waals surface area contributed by atoms with Crippen LogP contribution in [-0.2, 0) is 0 Å². The average Bonchev–Trinajstić information content (AvgIpc) is 3.26. The van der Waals surface area contributed by atoms with Gasteiger partial charge in [-0.15, -0.1) is 0 Å². The van der Waals surface area contributed by atoms with Crippen molar-refractivity contribution < 1.29 is 4.79 Å². The second kappa shape index (κ2) is 8.50. The predicted octanol–water partition coefficient (Wildman–Crippen LogP) is 4.14. The average molecular weight is 416 g/mol. The highest BCUT2D eigenvalue weighted by Crippen LogP contribution is 2.18. The van der Waals surface area contributed by atoms with Crippen molar-refractivity contribution in [1.29, 1.82) is 0 Å². The minimum absolute atomic E-state index is 0.623. The Hall–Kier alpha value is -4.83. The number of fused-ring (bicyclic) bond motifs is 1. The van der Waals surface area contributed by atoms with Crippen molar-refractivity contribution in [1.82, 2.24) is 24.6 Å². The number of hydrogen-bond donors (Lipinski definition) is 1. The number of rotatable bonds is 4. The zero-order valence-electron chi connectivity index (χ0n) is 16.8. The molecular weight excluding hydrogens is 400 g/mol. The Bertz CT molecular complexity index is 1460. The second-order valence-electron chi connectivity index (χ2n) is 6.89. The molecular formula is C25H16N6O. The van der Waals surface area contributed by atoms with Crippen molar-refractivity contribution in [2.24, 2.45) is 0 Å². The van der Waals surface area contributed by atoms with Crippen LogP contribution in [0.5, 0.6) is 0 Å². The fraction of sp³-hybridized carbons (Fsp3) is 0. The molecule has 4 heterocycles. The lowest BCUT2D eigenvalue weighted by molar-refractivity contribution is 0.112. The molecule has 0 radical (unpaired) electrons. The molecule has 0 saturated heterocycles. The van der Waals surface area contributed by atoms with Crippen molar-refractivity contribution in [2.75, 3.05) is 5.32 Å². The molecule has 4 aromatic heterocycles. The van der Waals surface area contributed by atoms with Crippen LogP contribution in [0.25, 0.3) is 16.9 Å². The molecule has 5 aromatic rings. The van der Waals surface area contributed by atoms with Crippen molar-refractivity contribution in [3.8, 4) is 23.1 Å². The first kappa shape index (κ1) is 19.2. The van der Waals surface area contributed by atoms with Gasteiger partial charge in [-0.3, -0.25) is 4.79 Å². The number of aldehydes is 1. The summed E-state index contributed by atoms with van der Waals surface area (Å²) in [6.45, 7) is 0. The Labute approximate surface area is 183 Å². The van der Waals surface area contributed by atoms with E-state index in [4.69, 9.17) is 0 Å². The first-order valence-electron chi connectivity index (χ1n) is 9.85. The summed E-state index contributed by atoms with van der Waals surface area (Å²) in [5, 5.41) is 7.84. The monoisotopic (exact) mass is 416 g/mol. The number of benzene rings is 1. The third kappa shape index (κ3) is 4.06. The number of carbonyl (C=O) groups is 1. The van der Waals surface area contributed by atoms with Crippen molar-refractivity contribution in [2.45, 2.75) is 0 Å². The maximum atomic E-state index is 10.9. The summed E-state index contributed by atoms with van der Waals surface area (Å²) in [6.07, 6.45) is 5.93. The van der Waals surface area contributed by atoms with Crippen LogP contribution in [-0.4, -0.2) is 30.9 Å². The lowest BCUT2D eigenvalue weighted by Crippen LogP contribution is -1.97. The number of aromatic nitrogens is 5. The quantitative estimate of drug-likeness (QED) is 0.350. The highest BCUT2D eigenvalue weighted by atomic mass is 16.1. The van der Waals surface area contributed by atoms with Crippen LogP contribution < -0.4 is 5.32 Å². The molecule has 0 fully saturated rings. The molecule has 5 rings (SSSR count). The van der Waals surface area contributed by atoms with Gasteiger partial charge in [-0.25, -0.2) is 19.5 Å². The number of pyridine rings is 2. The van der Waals surface area contributed by atoms with E-state index in [0.717, 1.165) is 23.1 Å². The topological polar surface area (TPSA) is 85.1 Å². The van der Waals surface area contributed by atoms with Crippen LogP contribution in [0.1, 0.15) is 21.6 Å². The molecule has 7 heteroatoms. The van der Waals surface area contributed by atoms with Crippen LogP contribution in [0, 0.1) is 11.8 Å². The van der Waals surface area contributed by atoms with Gasteiger partial charge >= 0.3 is 0 Å². The minimum atomic E-state index is 0.623. The van der Waals surface area contributed by atoms with E-state index in [-0.39, 0.29) is 0 Å². The van der Waals surface area contributed by atoms with Gasteiger partial charge in [0.15, 0.2) is 5.65 Å². The van der Waals surface area contributed by atoms with Gasteiger partial charge in [-0.2, -0.15) is 5.10 Å². The molecule has 0 unspecified atom stereocenters. The SMILES string of the molecule is O=Cc1ccc(-c2ccc3ncc(C#Cc4ccnc(Nc5ccccn5)c4)n3n2)cc1. The number of imidazole rings is 1. The molecule has 0 amide bonds. The number of nitrogens with zero attached hydrogens (tertiary/aromatic N) is 5. The smallest absolute Gasteiger partial charge is 0.154 e. The lowest BCUT2D eigenvalue weighted by Gasteiger charge is -2.04. The molecule has 0 atom stereocenters. The maximum absolute atomic E-state index is 10.9. The molecule has 0 bridgehead atoms. The van der Waals surface area contributed by atoms with E-state index in [0.29, 0.717) is 28.5 Å². The molecule has 0 aliphatic heterocycles. The van der Waals surface area contributed by atoms with E-state index in [2.05, 4.69) is 37.2 Å². The van der Waals surface area contributed by atoms with Gasteiger partial charge < -0.3 is 5.32 Å². The largest absolute Gasteiger partial charge is 0.325 e. The Morgan fingerprint density at radius 1 is 0.844 bits per heavy atom. The van der Waals surface area contributed by atoms with Gasteiger partial charge in [0.25, 0.3) is 0 Å². The van der Waals surface area contributed by atoms with Crippen molar-refractivity contribution in [3.63, 3.8) is 0 Å². The zero-order valence-corrected chi connectivity index (χ0v) is 16.8. The van der Waals surface area contributed by atoms with Crippen LogP contribution in [0.15, 0.2) is 85.3 Å². The molecule has 1 N–H and O–H groups in total. The fourth-order valence-corrected chi connectivity index (χ4v) is 3.13. The zero-order chi connectivity index (χ0) is 21.8. The molecule has 0 saturated carbocycles. The highest BCUT2D eigenvalue weighted by Gasteiger charge is 2.06. The predicted molar refractivity (Wildman–Crippen MR) is 122 cm³/mol. The first-order chi connectivity index (χ1) is 15.8. The van der Waals surface area contributed by atoms with Crippen LogP contribution in [0.4, 0.5) is 11.6 Å².